The van der Waals surface area contributed by atoms with E-state index in [1.54, 1.807) is 13.2 Å². The van der Waals surface area contributed by atoms with Gasteiger partial charge in [0.2, 0.25) is 0 Å². The SMILES string of the molecule is COC(=O)c1cnc2cc(OC)c(C)cc2c1. The van der Waals surface area contributed by atoms with Crippen molar-refractivity contribution in [1.29, 1.82) is 0 Å². The van der Waals surface area contributed by atoms with Crippen LogP contribution in [0.5, 0.6) is 5.75 Å². The zero-order valence-corrected chi connectivity index (χ0v) is 9.98. The maximum Gasteiger partial charge on any atom is 0.339 e. The Bertz CT molecular complexity index is 578. The molecule has 0 saturated heterocycles. The van der Waals surface area contributed by atoms with Crippen molar-refractivity contribution < 1.29 is 14.3 Å². The molecule has 0 aliphatic heterocycles. The van der Waals surface area contributed by atoms with Gasteiger partial charge in [-0.15, -0.1) is 0 Å². The highest BCUT2D eigenvalue weighted by Gasteiger charge is 2.08. The number of carbonyl (C=O) groups excluding carboxylic acids is 1. The molecular weight excluding hydrogens is 218 g/mol. The summed E-state index contributed by atoms with van der Waals surface area (Å²) < 4.78 is 9.88. The highest BCUT2D eigenvalue weighted by atomic mass is 16.5. The normalized spacial score (nSPS) is 10.3. The smallest absolute Gasteiger partial charge is 0.339 e. The first-order chi connectivity index (χ1) is 8.15. The molecule has 4 nitrogen and oxygen atoms in total. The van der Waals surface area contributed by atoms with Crippen molar-refractivity contribution in [3.63, 3.8) is 0 Å². The first kappa shape index (κ1) is 11.4. The van der Waals surface area contributed by atoms with E-state index in [4.69, 9.17) is 4.74 Å². The molecule has 0 fully saturated rings. The van der Waals surface area contributed by atoms with Crippen molar-refractivity contribution in [2.75, 3.05) is 14.2 Å². The summed E-state index contributed by atoms with van der Waals surface area (Å²) in [5.74, 6) is 0.406. The second-order valence-corrected chi connectivity index (χ2v) is 3.73. The van der Waals surface area contributed by atoms with Crippen LogP contribution in [-0.4, -0.2) is 25.2 Å². The zero-order chi connectivity index (χ0) is 12.4. The molecule has 88 valence electrons. The van der Waals surface area contributed by atoms with Gasteiger partial charge in [-0.25, -0.2) is 4.79 Å². The Morgan fingerprint density at radius 1 is 1.24 bits per heavy atom. The van der Waals surface area contributed by atoms with Crippen LogP contribution in [0.15, 0.2) is 24.4 Å². The molecule has 0 unspecified atom stereocenters. The minimum Gasteiger partial charge on any atom is -0.496 e. The van der Waals surface area contributed by atoms with E-state index < -0.39 is 0 Å². The van der Waals surface area contributed by atoms with Crippen LogP contribution in [0.25, 0.3) is 10.9 Å². The second kappa shape index (κ2) is 4.41. The number of hydrogen-bond acceptors (Lipinski definition) is 4. The third-order valence-corrected chi connectivity index (χ3v) is 2.62. The second-order valence-electron chi connectivity index (χ2n) is 3.73. The first-order valence-corrected chi connectivity index (χ1v) is 5.18. The minimum absolute atomic E-state index is 0.382. The lowest BCUT2D eigenvalue weighted by Crippen LogP contribution is -2.01. The van der Waals surface area contributed by atoms with Crippen LogP contribution in [0.2, 0.25) is 0 Å². The Balaban J connectivity index is 2.59. The summed E-state index contributed by atoms with van der Waals surface area (Å²) in [4.78, 5) is 15.6. The fourth-order valence-electron chi connectivity index (χ4n) is 1.72. The van der Waals surface area contributed by atoms with Gasteiger partial charge >= 0.3 is 5.97 Å². The van der Waals surface area contributed by atoms with Crippen LogP contribution in [0.3, 0.4) is 0 Å². The highest BCUT2D eigenvalue weighted by molar-refractivity contribution is 5.94. The van der Waals surface area contributed by atoms with Gasteiger partial charge in [0.05, 0.1) is 25.3 Å². The van der Waals surface area contributed by atoms with E-state index in [1.807, 2.05) is 19.1 Å². The molecule has 2 aromatic rings. The molecule has 2 rings (SSSR count). The molecular formula is C13H13NO3. The van der Waals surface area contributed by atoms with Crippen molar-refractivity contribution in [2.24, 2.45) is 0 Å². The van der Waals surface area contributed by atoms with Crippen molar-refractivity contribution in [3.8, 4) is 5.75 Å². The third kappa shape index (κ3) is 2.06. The Hall–Kier alpha value is -2.10. The number of methoxy groups -OCH3 is 2. The van der Waals surface area contributed by atoms with Gasteiger partial charge in [0.25, 0.3) is 0 Å². The van der Waals surface area contributed by atoms with E-state index in [1.165, 1.54) is 13.3 Å². The lowest BCUT2D eigenvalue weighted by Gasteiger charge is -2.07. The van der Waals surface area contributed by atoms with Crippen LogP contribution in [0.4, 0.5) is 0 Å². The van der Waals surface area contributed by atoms with E-state index in [0.29, 0.717) is 5.56 Å². The van der Waals surface area contributed by atoms with Gasteiger partial charge < -0.3 is 9.47 Å². The summed E-state index contributed by atoms with van der Waals surface area (Å²) in [6.07, 6.45) is 1.50. The number of fused-ring (bicyclic) bond motifs is 1. The number of aryl methyl sites for hydroxylation is 1. The summed E-state index contributed by atoms with van der Waals surface area (Å²) in [5, 5.41) is 0.895. The molecule has 0 saturated carbocycles. The number of rotatable bonds is 2. The number of esters is 1. The number of benzene rings is 1. The standard InChI is InChI=1S/C13H13NO3/c1-8-4-9-5-10(13(15)17-3)7-14-11(9)6-12(8)16-2/h4-7H,1-3H3. The van der Waals surface area contributed by atoms with E-state index >= 15 is 0 Å². The summed E-state index contributed by atoms with van der Waals surface area (Å²) in [6, 6.07) is 5.56. The van der Waals surface area contributed by atoms with Crippen molar-refractivity contribution in [2.45, 2.75) is 6.92 Å². The average molecular weight is 231 g/mol. The fourth-order valence-corrected chi connectivity index (χ4v) is 1.72. The van der Waals surface area contributed by atoms with Gasteiger partial charge in [-0.3, -0.25) is 4.98 Å². The molecule has 0 aliphatic rings. The number of nitrogens with zero attached hydrogens (tertiary/aromatic N) is 1. The molecule has 0 N–H and O–H groups in total. The predicted molar refractivity (Wildman–Crippen MR) is 64.4 cm³/mol. The van der Waals surface area contributed by atoms with E-state index in [2.05, 4.69) is 9.72 Å². The number of aromatic nitrogens is 1. The molecule has 0 aliphatic carbocycles. The van der Waals surface area contributed by atoms with E-state index in [9.17, 15) is 4.79 Å². The fraction of sp³-hybridized carbons (Fsp3) is 0.231. The van der Waals surface area contributed by atoms with Gasteiger partial charge in [-0.05, 0) is 24.6 Å². The minimum atomic E-state index is -0.382. The molecule has 4 heteroatoms. The third-order valence-electron chi connectivity index (χ3n) is 2.62. The summed E-state index contributed by atoms with van der Waals surface area (Å²) in [7, 11) is 2.97. The Morgan fingerprint density at radius 2 is 2.00 bits per heavy atom. The van der Waals surface area contributed by atoms with Gasteiger partial charge in [0, 0.05) is 17.6 Å². The van der Waals surface area contributed by atoms with Gasteiger partial charge in [-0.2, -0.15) is 0 Å². The molecule has 0 radical (unpaired) electrons. The molecule has 0 spiro atoms. The van der Waals surface area contributed by atoms with Crippen molar-refractivity contribution >= 4 is 16.9 Å². The van der Waals surface area contributed by atoms with Crippen LogP contribution < -0.4 is 4.74 Å². The topological polar surface area (TPSA) is 48.4 Å². The summed E-state index contributed by atoms with van der Waals surface area (Å²) >= 11 is 0. The monoisotopic (exact) mass is 231 g/mol. The zero-order valence-electron chi connectivity index (χ0n) is 9.98. The predicted octanol–water partition coefficient (Wildman–Crippen LogP) is 2.34. The van der Waals surface area contributed by atoms with Crippen molar-refractivity contribution in [1.82, 2.24) is 4.98 Å². The quantitative estimate of drug-likeness (QED) is 0.744. The maximum atomic E-state index is 11.4. The Labute approximate surface area is 99.2 Å². The summed E-state index contributed by atoms with van der Waals surface area (Å²) in [6.45, 7) is 1.95. The number of hydrogen-bond donors (Lipinski definition) is 0. The van der Waals surface area contributed by atoms with Gasteiger partial charge in [-0.1, -0.05) is 0 Å². The number of carbonyl (C=O) groups is 1. The first-order valence-electron chi connectivity index (χ1n) is 5.18. The van der Waals surface area contributed by atoms with Crippen LogP contribution in [-0.2, 0) is 4.74 Å². The lowest BCUT2D eigenvalue weighted by atomic mass is 10.1. The average Bonchev–Trinajstić information content (AvgIpc) is 2.36. The number of pyridine rings is 1. The van der Waals surface area contributed by atoms with Crippen LogP contribution in [0.1, 0.15) is 15.9 Å². The van der Waals surface area contributed by atoms with Gasteiger partial charge in [0.15, 0.2) is 0 Å². The summed E-state index contributed by atoms with van der Waals surface area (Å²) in [5.41, 5.74) is 2.24. The van der Waals surface area contributed by atoms with Crippen molar-refractivity contribution in [3.05, 3.63) is 35.5 Å². The van der Waals surface area contributed by atoms with E-state index in [-0.39, 0.29) is 5.97 Å². The highest BCUT2D eigenvalue weighted by Crippen LogP contribution is 2.24. The molecule has 0 bridgehead atoms. The van der Waals surface area contributed by atoms with Gasteiger partial charge in [0.1, 0.15) is 5.75 Å². The van der Waals surface area contributed by atoms with E-state index in [0.717, 1.165) is 22.2 Å². The molecule has 17 heavy (non-hydrogen) atoms. The number of ether oxygens (including phenoxy) is 2. The molecule has 0 atom stereocenters. The van der Waals surface area contributed by atoms with Crippen LogP contribution in [0, 0.1) is 6.92 Å². The molecule has 1 heterocycles. The lowest BCUT2D eigenvalue weighted by molar-refractivity contribution is 0.0600. The molecule has 1 aromatic carbocycles. The largest absolute Gasteiger partial charge is 0.496 e. The Kier molecular flexibility index (Phi) is 2.95. The molecule has 1 aromatic heterocycles. The molecule has 0 amide bonds. The Morgan fingerprint density at radius 3 is 2.65 bits per heavy atom. The maximum absolute atomic E-state index is 11.4. The van der Waals surface area contributed by atoms with Crippen LogP contribution >= 0.6 is 0 Å².